The molecule has 1 aromatic carbocycles. The van der Waals surface area contributed by atoms with Gasteiger partial charge in [-0.3, -0.25) is 9.59 Å². The molecule has 0 radical (unpaired) electrons. The number of piperidine rings is 1. The molecule has 16 heavy (non-hydrogen) atoms. The van der Waals surface area contributed by atoms with Crippen molar-refractivity contribution < 1.29 is 9.59 Å². The molecule has 0 spiro atoms. The van der Waals surface area contributed by atoms with Crippen molar-refractivity contribution >= 4 is 45.0 Å². The molecule has 5 heteroatoms. The molecule has 0 aromatic heterocycles. The molecular weight excluding hydrogens is 293 g/mol. The monoisotopic (exact) mass is 299 g/mol. The molecule has 2 unspecified atom stereocenters. The summed E-state index contributed by atoms with van der Waals surface area (Å²) in [6.45, 7) is 0. The fourth-order valence-corrected chi connectivity index (χ4v) is 2.69. The molecule has 82 valence electrons. The first-order valence-electron chi connectivity index (χ1n) is 4.93. The van der Waals surface area contributed by atoms with Crippen molar-refractivity contribution in [1.82, 2.24) is 0 Å². The van der Waals surface area contributed by atoms with Gasteiger partial charge in [0.05, 0.1) is 27.0 Å². The number of hydrogen-bond donors (Lipinski definition) is 0. The average Bonchev–Trinajstić information content (AvgIpc) is 2.99. The van der Waals surface area contributed by atoms with Gasteiger partial charge in [0.2, 0.25) is 11.8 Å². The van der Waals surface area contributed by atoms with Gasteiger partial charge in [-0.2, -0.15) is 0 Å². The number of nitrogens with zero attached hydrogens (tertiary/aromatic N) is 1. The zero-order valence-electron chi connectivity index (χ0n) is 8.11. The van der Waals surface area contributed by atoms with E-state index in [0.29, 0.717) is 21.6 Å². The Bertz CT molecular complexity index is 497. The zero-order valence-corrected chi connectivity index (χ0v) is 10.5. The molecule has 1 aromatic rings. The number of anilines is 1. The van der Waals surface area contributed by atoms with Crippen molar-refractivity contribution in [2.24, 2.45) is 11.8 Å². The van der Waals surface area contributed by atoms with Crippen molar-refractivity contribution in [3.05, 3.63) is 27.7 Å². The lowest BCUT2D eigenvalue weighted by Crippen LogP contribution is -2.33. The lowest BCUT2D eigenvalue weighted by Gasteiger charge is -2.18. The lowest BCUT2D eigenvalue weighted by atomic mass is 10.2. The van der Waals surface area contributed by atoms with Crippen LogP contribution in [-0.4, -0.2) is 11.8 Å². The van der Waals surface area contributed by atoms with E-state index in [0.717, 1.165) is 0 Å². The van der Waals surface area contributed by atoms with Crippen molar-refractivity contribution in [2.75, 3.05) is 4.90 Å². The molecule has 1 saturated heterocycles. The van der Waals surface area contributed by atoms with Crippen LogP contribution in [0.1, 0.15) is 6.42 Å². The summed E-state index contributed by atoms with van der Waals surface area (Å²) in [6, 6.07) is 5.16. The summed E-state index contributed by atoms with van der Waals surface area (Å²) in [4.78, 5) is 25.0. The third-order valence-electron chi connectivity index (χ3n) is 3.04. The largest absolute Gasteiger partial charge is 0.274 e. The van der Waals surface area contributed by atoms with Crippen LogP contribution in [0.15, 0.2) is 22.7 Å². The molecule has 1 aliphatic carbocycles. The molecule has 2 fully saturated rings. The number of carbonyl (C=O) groups excluding carboxylic acids is 2. The highest BCUT2D eigenvalue weighted by atomic mass is 79.9. The van der Waals surface area contributed by atoms with Crippen LogP contribution in [0.2, 0.25) is 5.02 Å². The normalized spacial score (nSPS) is 27.2. The Balaban J connectivity index is 2.08. The number of benzene rings is 1. The second kappa shape index (κ2) is 3.31. The molecule has 0 bridgehead atoms. The third kappa shape index (κ3) is 1.26. The predicted octanol–water partition coefficient (Wildman–Crippen LogP) is 2.61. The first kappa shape index (κ1) is 10.3. The van der Waals surface area contributed by atoms with Crippen LogP contribution in [0.4, 0.5) is 5.69 Å². The summed E-state index contributed by atoms with van der Waals surface area (Å²) in [5, 5.41) is 0.499. The van der Waals surface area contributed by atoms with Crippen LogP contribution in [0.3, 0.4) is 0 Å². The molecule has 0 N–H and O–H groups in total. The highest BCUT2D eigenvalue weighted by Crippen LogP contribution is 2.49. The first-order valence-corrected chi connectivity index (χ1v) is 6.10. The Kier molecular flexibility index (Phi) is 2.13. The van der Waals surface area contributed by atoms with Gasteiger partial charge in [-0.15, -0.1) is 0 Å². The molecule has 2 aliphatic rings. The van der Waals surface area contributed by atoms with E-state index >= 15 is 0 Å². The van der Waals surface area contributed by atoms with Crippen molar-refractivity contribution in [3.8, 4) is 0 Å². The van der Waals surface area contributed by atoms with E-state index in [1.807, 2.05) is 0 Å². The molecule has 2 amide bonds. The van der Waals surface area contributed by atoms with E-state index in [2.05, 4.69) is 15.9 Å². The maximum Gasteiger partial charge on any atom is 0.237 e. The minimum atomic E-state index is -0.0991. The van der Waals surface area contributed by atoms with E-state index < -0.39 is 0 Å². The SMILES string of the molecule is O=C1C2CC2C(=O)N1c1cccc(Cl)c1Br. The van der Waals surface area contributed by atoms with Gasteiger partial charge >= 0.3 is 0 Å². The van der Waals surface area contributed by atoms with Crippen molar-refractivity contribution in [3.63, 3.8) is 0 Å². The van der Waals surface area contributed by atoms with Crippen LogP contribution >= 0.6 is 27.5 Å². The Labute approximate surface area is 105 Å². The van der Waals surface area contributed by atoms with E-state index in [9.17, 15) is 9.59 Å². The van der Waals surface area contributed by atoms with Crippen LogP contribution in [0.25, 0.3) is 0 Å². The number of imide groups is 1. The summed E-state index contributed by atoms with van der Waals surface area (Å²) < 4.78 is 0.597. The van der Waals surface area contributed by atoms with Gasteiger partial charge in [0, 0.05) is 0 Å². The standard InChI is InChI=1S/C11H7BrClNO2/c12-9-7(13)2-1-3-8(9)14-10(15)5-4-6(5)11(14)16/h1-3,5-6H,4H2. The molecule has 2 atom stereocenters. The summed E-state index contributed by atoms with van der Waals surface area (Å²) in [5.74, 6) is -0.368. The highest BCUT2D eigenvalue weighted by molar-refractivity contribution is 9.10. The van der Waals surface area contributed by atoms with Crippen LogP contribution < -0.4 is 4.90 Å². The summed E-state index contributed by atoms with van der Waals surface area (Å²) in [7, 11) is 0. The van der Waals surface area contributed by atoms with E-state index in [4.69, 9.17) is 11.6 Å². The maximum absolute atomic E-state index is 11.9. The van der Waals surface area contributed by atoms with E-state index in [-0.39, 0.29) is 23.7 Å². The van der Waals surface area contributed by atoms with Gasteiger partial charge in [-0.1, -0.05) is 17.7 Å². The van der Waals surface area contributed by atoms with E-state index in [1.165, 1.54) is 4.90 Å². The number of fused-ring (bicyclic) bond motifs is 1. The quantitative estimate of drug-likeness (QED) is 0.748. The fraction of sp³-hybridized carbons (Fsp3) is 0.273. The molecule has 1 saturated carbocycles. The van der Waals surface area contributed by atoms with Crippen LogP contribution in [0.5, 0.6) is 0 Å². The summed E-state index contributed by atoms with van der Waals surface area (Å²) in [5.41, 5.74) is 0.551. The topological polar surface area (TPSA) is 37.4 Å². The number of rotatable bonds is 1. The molecule has 3 rings (SSSR count). The second-order valence-electron chi connectivity index (χ2n) is 4.03. The summed E-state index contributed by atoms with van der Waals surface area (Å²) in [6.07, 6.45) is 0.715. The fourth-order valence-electron chi connectivity index (χ4n) is 2.08. The van der Waals surface area contributed by atoms with Crippen LogP contribution in [-0.2, 0) is 9.59 Å². The van der Waals surface area contributed by atoms with Gasteiger partial charge in [-0.05, 0) is 34.5 Å². The zero-order chi connectivity index (χ0) is 11.4. The highest BCUT2D eigenvalue weighted by Gasteiger charge is 2.59. The number of carbonyl (C=O) groups is 2. The van der Waals surface area contributed by atoms with Crippen molar-refractivity contribution in [1.29, 1.82) is 0 Å². The average molecular weight is 301 g/mol. The van der Waals surface area contributed by atoms with Gasteiger partial charge in [0.15, 0.2) is 0 Å². The Morgan fingerprint density at radius 3 is 2.50 bits per heavy atom. The summed E-state index contributed by atoms with van der Waals surface area (Å²) >= 11 is 9.24. The number of amides is 2. The minimum Gasteiger partial charge on any atom is -0.274 e. The van der Waals surface area contributed by atoms with Gasteiger partial charge in [0.25, 0.3) is 0 Å². The van der Waals surface area contributed by atoms with Gasteiger partial charge in [-0.25, -0.2) is 4.90 Å². The predicted molar refractivity (Wildman–Crippen MR) is 63.2 cm³/mol. The molecule has 3 nitrogen and oxygen atoms in total. The van der Waals surface area contributed by atoms with Gasteiger partial charge < -0.3 is 0 Å². The Morgan fingerprint density at radius 2 is 1.88 bits per heavy atom. The minimum absolute atomic E-state index is 0.0848. The first-order chi connectivity index (χ1) is 7.61. The molecule has 1 aliphatic heterocycles. The Hall–Kier alpha value is -0.870. The third-order valence-corrected chi connectivity index (χ3v) is 4.41. The van der Waals surface area contributed by atoms with Gasteiger partial charge in [0.1, 0.15) is 0 Å². The second-order valence-corrected chi connectivity index (χ2v) is 5.23. The number of halogens is 2. The molecular formula is C11H7BrClNO2. The number of hydrogen-bond acceptors (Lipinski definition) is 2. The van der Waals surface area contributed by atoms with Crippen molar-refractivity contribution in [2.45, 2.75) is 6.42 Å². The Morgan fingerprint density at radius 1 is 1.25 bits per heavy atom. The van der Waals surface area contributed by atoms with Crippen LogP contribution in [0, 0.1) is 11.8 Å². The smallest absolute Gasteiger partial charge is 0.237 e. The van der Waals surface area contributed by atoms with E-state index in [1.54, 1.807) is 18.2 Å². The lowest BCUT2D eigenvalue weighted by molar-refractivity contribution is -0.123. The molecule has 1 heterocycles. The maximum atomic E-state index is 11.9.